The summed E-state index contributed by atoms with van der Waals surface area (Å²) < 4.78 is 11.1. The molecule has 0 unspecified atom stereocenters. The number of hydrogen-bond donors (Lipinski definition) is 1. The predicted molar refractivity (Wildman–Crippen MR) is 85.1 cm³/mol. The molecule has 4 nitrogen and oxygen atoms in total. The average Bonchev–Trinajstić information content (AvgIpc) is 3.15. The van der Waals surface area contributed by atoms with E-state index < -0.39 is 6.10 Å². The zero-order valence-electron chi connectivity index (χ0n) is 13.4. The SMILES string of the molecule is CC[C@H](Oc1cccc(OC)c1)C(=O)N[C@H]1C[C@@H]2CC[C@@H]1C2. The molecule has 1 aromatic rings. The van der Waals surface area contributed by atoms with E-state index in [1.54, 1.807) is 7.11 Å². The fourth-order valence-corrected chi connectivity index (χ4v) is 3.86. The summed E-state index contributed by atoms with van der Waals surface area (Å²) in [6.07, 6.45) is 5.26. The molecule has 0 aromatic heterocycles. The van der Waals surface area contributed by atoms with Crippen LogP contribution in [-0.4, -0.2) is 25.2 Å². The summed E-state index contributed by atoms with van der Waals surface area (Å²) in [6, 6.07) is 7.76. The molecule has 0 saturated heterocycles. The van der Waals surface area contributed by atoms with Gasteiger partial charge in [-0.25, -0.2) is 0 Å². The Labute approximate surface area is 132 Å². The van der Waals surface area contributed by atoms with Gasteiger partial charge in [0.15, 0.2) is 6.10 Å². The minimum absolute atomic E-state index is 0.0165. The fourth-order valence-electron chi connectivity index (χ4n) is 3.86. The van der Waals surface area contributed by atoms with Crippen molar-refractivity contribution in [3.05, 3.63) is 24.3 Å². The van der Waals surface area contributed by atoms with E-state index in [-0.39, 0.29) is 5.91 Å². The van der Waals surface area contributed by atoms with E-state index in [1.165, 1.54) is 19.3 Å². The Morgan fingerprint density at radius 3 is 2.77 bits per heavy atom. The Bertz CT molecular complexity index is 531. The minimum Gasteiger partial charge on any atom is -0.497 e. The Hall–Kier alpha value is -1.71. The Balaban J connectivity index is 1.59. The topological polar surface area (TPSA) is 47.6 Å². The standard InChI is InChI=1S/C18H25NO3/c1-3-17(22-15-6-4-5-14(11-15)21-2)18(20)19-16-10-12-7-8-13(16)9-12/h4-6,11-13,16-17H,3,7-10H2,1-2H3,(H,19,20)/t12-,13-,16+,17+/m1/s1. The maximum atomic E-state index is 12.5. The van der Waals surface area contributed by atoms with E-state index >= 15 is 0 Å². The normalized spacial score (nSPS) is 27.5. The molecule has 0 aliphatic heterocycles. The molecule has 1 amide bonds. The molecule has 4 heteroatoms. The molecule has 2 aliphatic carbocycles. The van der Waals surface area contributed by atoms with Gasteiger partial charge in [-0.2, -0.15) is 0 Å². The number of hydrogen-bond acceptors (Lipinski definition) is 3. The molecule has 2 bridgehead atoms. The largest absolute Gasteiger partial charge is 0.497 e. The average molecular weight is 303 g/mol. The second-order valence-electron chi connectivity index (χ2n) is 6.48. The number of benzene rings is 1. The zero-order valence-corrected chi connectivity index (χ0v) is 13.4. The fraction of sp³-hybridized carbons (Fsp3) is 0.611. The van der Waals surface area contributed by atoms with Gasteiger partial charge >= 0.3 is 0 Å². The van der Waals surface area contributed by atoms with Gasteiger partial charge in [-0.05, 0) is 49.7 Å². The summed E-state index contributed by atoms with van der Waals surface area (Å²) in [7, 11) is 1.62. The van der Waals surface area contributed by atoms with E-state index in [9.17, 15) is 4.79 Å². The van der Waals surface area contributed by atoms with Gasteiger partial charge in [0.05, 0.1) is 7.11 Å². The van der Waals surface area contributed by atoms with Crippen LogP contribution >= 0.6 is 0 Å². The molecule has 1 N–H and O–H groups in total. The lowest BCUT2D eigenvalue weighted by atomic mass is 9.95. The molecule has 4 atom stereocenters. The first-order valence-electron chi connectivity index (χ1n) is 8.30. The van der Waals surface area contributed by atoms with Crippen LogP contribution in [-0.2, 0) is 4.79 Å². The van der Waals surface area contributed by atoms with E-state index in [0.29, 0.717) is 24.1 Å². The van der Waals surface area contributed by atoms with Crippen LogP contribution in [0, 0.1) is 11.8 Å². The first-order valence-corrected chi connectivity index (χ1v) is 8.30. The highest BCUT2D eigenvalue weighted by Gasteiger charge is 2.40. The molecule has 0 heterocycles. The molecule has 2 saturated carbocycles. The molecule has 2 aliphatic rings. The molecule has 120 valence electrons. The van der Waals surface area contributed by atoms with Gasteiger partial charge in [0.1, 0.15) is 11.5 Å². The van der Waals surface area contributed by atoms with Crippen molar-refractivity contribution >= 4 is 5.91 Å². The zero-order chi connectivity index (χ0) is 15.5. The minimum atomic E-state index is -0.439. The number of methoxy groups -OCH3 is 1. The number of ether oxygens (including phenoxy) is 2. The summed E-state index contributed by atoms with van der Waals surface area (Å²) in [5.74, 6) is 2.94. The van der Waals surface area contributed by atoms with E-state index in [0.717, 1.165) is 18.1 Å². The van der Waals surface area contributed by atoms with E-state index in [2.05, 4.69) is 5.32 Å². The predicted octanol–water partition coefficient (Wildman–Crippen LogP) is 3.16. The number of nitrogens with one attached hydrogen (secondary N) is 1. The van der Waals surface area contributed by atoms with Crippen LogP contribution < -0.4 is 14.8 Å². The van der Waals surface area contributed by atoms with Crippen LogP contribution in [0.2, 0.25) is 0 Å². The van der Waals surface area contributed by atoms with E-state index in [1.807, 2.05) is 31.2 Å². The van der Waals surface area contributed by atoms with Crippen LogP contribution in [0.3, 0.4) is 0 Å². The second-order valence-corrected chi connectivity index (χ2v) is 6.48. The number of rotatable bonds is 6. The van der Waals surface area contributed by atoms with Crippen LogP contribution in [0.15, 0.2) is 24.3 Å². The molecule has 0 radical (unpaired) electrons. The number of fused-ring (bicyclic) bond motifs is 2. The summed E-state index contributed by atoms with van der Waals surface area (Å²) in [6.45, 7) is 1.98. The highest BCUT2D eigenvalue weighted by molar-refractivity contribution is 5.81. The smallest absolute Gasteiger partial charge is 0.261 e. The van der Waals surface area contributed by atoms with Crippen LogP contribution in [0.5, 0.6) is 11.5 Å². The number of carbonyl (C=O) groups is 1. The van der Waals surface area contributed by atoms with E-state index in [4.69, 9.17) is 9.47 Å². The molecule has 3 rings (SSSR count). The first kappa shape index (κ1) is 15.2. The molecule has 22 heavy (non-hydrogen) atoms. The van der Waals surface area contributed by atoms with Gasteiger partial charge in [-0.3, -0.25) is 4.79 Å². The van der Waals surface area contributed by atoms with Crippen LogP contribution in [0.25, 0.3) is 0 Å². The molecule has 0 spiro atoms. The first-order chi connectivity index (χ1) is 10.7. The van der Waals surface area contributed by atoms with Gasteiger partial charge in [0.25, 0.3) is 5.91 Å². The van der Waals surface area contributed by atoms with Crippen molar-refractivity contribution in [3.63, 3.8) is 0 Å². The molecule has 2 fully saturated rings. The third-order valence-corrected chi connectivity index (χ3v) is 5.05. The lowest BCUT2D eigenvalue weighted by Gasteiger charge is -2.25. The van der Waals surface area contributed by atoms with Crippen LogP contribution in [0.4, 0.5) is 0 Å². The van der Waals surface area contributed by atoms with Crippen molar-refractivity contribution in [1.82, 2.24) is 5.32 Å². The van der Waals surface area contributed by atoms with Crippen molar-refractivity contribution in [1.29, 1.82) is 0 Å². The lowest BCUT2D eigenvalue weighted by molar-refractivity contribution is -0.129. The van der Waals surface area contributed by atoms with Crippen molar-refractivity contribution < 1.29 is 14.3 Å². The number of carbonyl (C=O) groups excluding carboxylic acids is 1. The van der Waals surface area contributed by atoms with Gasteiger partial charge < -0.3 is 14.8 Å². The summed E-state index contributed by atoms with van der Waals surface area (Å²) in [5.41, 5.74) is 0. The van der Waals surface area contributed by atoms with Gasteiger partial charge in [0.2, 0.25) is 0 Å². The van der Waals surface area contributed by atoms with Gasteiger partial charge in [0, 0.05) is 12.1 Å². The quantitative estimate of drug-likeness (QED) is 0.878. The highest BCUT2D eigenvalue weighted by Crippen LogP contribution is 2.44. The Morgan fingerprint density at radius 2 is 2.14 bits per heavy atom. The van der Waals surface area contributed by atoms with Crippen molar-refractivity contribution in [2.45, 2.75) is 51.2 Å². The van der Waals surface area contributed by atoms with Crippen molar-refractivity contribution in [2.24, 2.45) is 11.8 Å². The maximum absolute atomic E-state index is 12.5. The van der Waals surface area contributed by atoms with Crippen LogP contribution in [0.1, 0.15) is 39.0 Å². The number of amides is 1. The Kier molecular flexibility index (Phi) is 4.55. The summed E-state index contributed by atoms with van der Waals surface area (Å²) in [4.78, 5) is 12.5. The van der Waals surface area contributed by atoms with Crippen molar-refractivity contribution in [3.8, 4) is 11.5 Å². The van der Waals surface area contributed by atoms with Crippen molar-refractivity contribution in [2.75, 3.05) is 7.11 Å². The molecular weight excluding hydrogens is 278 g/mol. The van der Waals surface area contributed by atoms with Gasteiger partial charge in [-0.15, -0.1) is 0 Å². The van der Waals surface area contributed by atoms with Gasteiger partial charge in [-0.1, -0.05) is 19.4 Å². The monoisotopic (exact) mass is 303 g/mol. The summed E-state index contributed by atoms with van der Waals surface area (Å²) in [5, 5.41) is 3.21. The maximum Gasteiger partial charge on any atom is 0.261 e. The summed E-state index contributed by atoms with van der Waals surface area (Å²) >= 11 is 0. The Morgan fingerprint density at radius 1 is 1.32 bits per heavy atom. The molecule has 1 aromatic carbocycles. The highest BCUT2D eigenvalue weighted by atomic mass is 16.5. The lowest BCUT2D eigenvalue weighted by Crippen LogP contribution is -2.45. The third kappa shape index (κ3) is 3.21. The third-order valence-electron chi connectivity index (χ3n) is 5.05. The second kappa shape index (κ2) is 6.59. The molecular formula is C18H25NO3.